The molecule has 1 aliphatic rings. The number of carbonyl (C=O) groups excluding carboxylic acids is 1. The van der Waals surface area contributed by atoms with Gasteiger partial charge in [0.15, 0.2) is 28.8 Å². The Labute approximate surface area is 168 Å². The maximum absolute atomic E-state index is 12.0. The van der Waals surface area contributed by atoms with E-state index in [0.29, 0.717) is 22.9 Å². The van der Waals surface area contributed by atoms with Gasteiger partial charge < -0.3 is 24.6 Å². The van der Waals surface area contributed by atoms with E-state index >= 15 is 0 Å². The lowest BCUT2D eigenvalue weighted by Gasteiger charge is -2.21. The van der Waals surface area contributed by atoms with Gasteiger partial charge in [-0.25, -0.2) is 0 Å². The van der Waals surface area contributed by atoms with Crippen LogP contribution in [0.25, 0.3) is 0 Å². The Kier molecular flexibility index (Phi) is 7.13. The zero-order chi connectivity index (χ0) is 21.6. The number of carbonyl (C=O) groups is 1. The molecule has 1 aliphatic heterocycles. The van der Waals surface area contributed by atoms with E-state index in [1.165, 1.54) is 32.0 Å². The summed E-state index contributed by atoms with van der Waals surface area (Å²) in [5, 5.41) is 23.0. The summed E-state index contributed by atoms with van der Waals surface area (Å²) >= 11 is 0. The van der Waals surface area contributed by atoms with Crippen molar-refractivity contribution < 1.29 is 29.0 Å². The zero-order valence-corrected chi connectivity index (χ0v) is 16.7. The van der Waals surface area contributed by atoms with Gasteiger partial charge in [0.2, 0.25) is 5.91 Å². The molecule has 0 aromatic heterocycles. The minimum Gasteiger partial charge on any atom is -0.449 e. The molecule has 0 fully saturated rings. The lowest BCUT2D eigenvalue weighted by molar-refractivity contribution is -0.384. The quantitative estimate of drug-likeness (QED) is 0.350. The van der Waals surface area contributed by atoms with Crippen LogP contribution in [0.3, 0.4) is 0 Å². The van der Waals surface area contributed by atoms with Gasteiger partial charge in [-0.15, -0.1) is 0 Å². The van der Waals surface area contributed by atoms with E-state index in [1.807, 2.05) is 13.8 Å². The normalized spacial score (nSPS) is 11.6. The molecular weight excluding hydrogens is 380 g/mol. The van der Waals surface area contributed by atoms with E-state index in [2.05, 4.69) is 5.32 Å². The molecule has 156 valence electrons. The minimum absolute atomic E-state index is 0.0743. The van der Waals surface area contributed by atoms with Crippen LogP contribution in [0.15, 0.2) is 36.4 Å². The average molecular weight is 404 g/mol. The van der Waals surface area contributed by atoms with Crippen molar-refractivity contribution in [2.75, 3.05) is 11.9 Å². The van der Waals surface area contributed by atoms with Crippen molar-refractivity contribution in [3.63, 3.8) is 0 Å². The van der Waals surface area contributed by atoms with Gasteiger partial charge in [-0.1, -0.05) is 13.8 Å². The van der Waals surface area contributed by atoms with E-state index in [-0.39, 0.29) is 30.4 Å². The van der Waals surface area contributed by atoms with E-state index in [1.54, 1.807) is 18.2 Å². The summed E-state index contributed by atoms with van der Waals surface area (Å²) in [6.07, 6.45) is 0.0743. The standard InChI is InChI=1S/C18H18N2O7.C2H6/c1-18(2,22)25-8-7-17(21)19-11-3-5-13-15(9-11)26-14-6-4-12(20(23)24)10-16(14)27-13;1-2/h3-6,9-10,22H,7-8H2,1-2H3,(H,19,21);1-2H3. The molecule has 2 N–H and O–H groups in total. The Morgan fingerprint density at radius 1 is 1.10 bits per heavy atom. The van der Waals surface area contributed by atoms with Crippen molar-refractivity contribution in [2.45, 2.75) is 39.9 Å². The molecule has 0 radical (unpaired) electrons. The molecule has 1 amide bonds. The summed E-state index contributed by atoms with van der Waals surface area (Å²) in [6, 6.07) is 8.88. The van der Waals surface area contributed by atoms with Gasteiger partial charge in [0.05, 0.1) is 24.0 Å². The molecule has 0 unspecified atom stereocenters. The molecule has 1 heterocycles. The number of hydrogen-bond donors (Lipinski definition) is 2. The number of fused-ring (bicyclic) bond motifs is 2. The fourth-order valence-electron chi connectivity index (χ4n) is 2.38. The highest BCUT2D eigenvalue weighted by Crippen LogP contribution is 2.47. The van der Waals surface area contributed by atoms with Crippen LogP contribution in [0.5, 0.6) is 23.0 Å². The van der Waals surface area contributed by atoms with Crippen LogP contribution >= 0.6 is 0 Å². The van der Waals surface area contributed by atoms with Crippen molar-refractivity contribution in [1.82, 2.24) is 0 Å². The van der Waals surface area contributed by atoms with Crippen LogP contribution in [0.1, 0.15) is 34.1 Å². The van der Waals surface area contributed by atoms with Crippen LogP contribution < -0.4 is 14.8 Å². The third kappa shape index (κ3) is 6.16. The first-order valence-electron chi connectivity index (χ1n) is 9.16. The Morgan fingerprint density at radius 2 is 1.69 bits per heavy atom. The van der Waals surface area contributed by atoms with E-state index in [4.69, 9.17) is 14.2 Å². The first-order valence-corrected chi connectivity index (χ1v) is 9.16. The van der Waals surface area contributed by atoms with Gasteiger partial charge in [0, 0.05) is 17.8 Å². The number of nitrogens with one attached hydrogen (secondary N) is 1. The molecule has 9 heteroatoms. The molecule has 2 aromatic carbocycles. The smallest absolute Gasteiger partial charge is 0.273 e. The van der Waals surface area contributed by atoms with Gasteiger partial charge in [0.1, 0.15) is 0 Å². The van der Waals surface area contributed by atoms with Crippen molar-refractivity contribution in [3.05, 3.63) is 46.5 Å². The van der Waals surface area contributed by atoms with Crippen molar-refractivity contribution >= 4 is 17.3 Å². The number of nitro benzene ring substituents is 1. The number of rotatable bonds is 6. The molecule has 0 saturated carbocycles. The fraction of sp³-hybridized carbons (Fsp3) is 0.350. The van der Waals surface area contributed by atoms with Crippen LogP contribution in [0, 0.1) is 10.1 Å². The number of non-ortho nitro benzene ring substituents is 1. The molecule has 9 nitrogen and oxygen atoms in total. The number of ether oxygens (including phenoxy) is 3. The highest BCUT2D eigenvalue weighted by atomic mass is 16.6. The third-order valence-electron chi connectivity index (χ3n) is 3.59. The number of nitrogens with zero attached hydrogens (tertiary/aromatic N) is 1. The Bertz CT molecular complexity index is 891. The monoisotopic (exact) mass is 404 g/mol. The first-order chi connectivity index (χ1) is 13.7. The maximum Gasteiger partial charge on any atom is 0.273 e. The summed E-state index contributed by atoms with van der Waals surface area (Å²) in [6.45, 7) is 7.04. The lowest BCUT2D eigenvalue weighted by atomic mass is 10.2. The number of nitro groups is 1. The summed E-state index contributed by atoms with van der Waals surface area (Å²) in [5.41, 5.74) is 0.397. The predicted molar refractivity (Wildman–Crippen MR) is 107 cm³/mol. The van der Waals surface area contributed by atoms with Crippen LogP contribution in [0.4, 0.5) is 11.4 Å². The van der Waals surface area contributed by atoms with Crippen molar-refractivity contribution in [1.29, 1.82) is 0 Å². The Morgan fingerprint density at radius 3 is 2.28 bits per heavy atom. The van der Waals surface area contributed by atoms with Gasteiger partial charge in [-0.05, 0) is 32.0 Å². The third-order valence-corrected chi connectivity index (χ3v) is 3.59. The second-order valence-corrected chi connectivity index (χ2v) is 6.35. The zero-order valence-electron chi connectivity index (χ0n) is 16.7. The molecule has 0 bridgehead atoms. The van der Waals surface area contributed by atoms with Crippen LogP contribution in [-0.4, -0.2) is 28.3 Å². The minimum atomic E-state index is -1.29. The number of hydrogen-bond acceptors (Lipinski definition) is 7. The first kappa shape index (κ1) is 22.1. The number of benzene rings is 2. The Balaban J connectivity index is 0.00000145. The average Bonchev–Trinajstić information content (AvgIpc) is 2.66. The fourth-order valence-corrected chi connectivity index (χ4v) is 2.38. The molecular formula is C20H24N2O7. The van der Waals surface area contributed by atoms with E-state index < -0.39 is 10.7 Å². The lowest BCUT2D eigenvalue weighted by Crippen LogP contribution is -2.25. The van der Waals surface area contributed by atoms with Crippen molar-refractivity contribution in [2.24, 2.45) is 0 Å². The molecule has 3 rings (SSSR count). The molecule has 29 heavy (non-hydrogen) atoms. The second-order valence-electron chi connectivity index (χ2n) is 6.35. The largest absolute Gasteiger partial charge is 0.449 e. The SMILES string of the molecule is CC.CC(C)(O)OCCC(=O)Nc1ccc2c(c1)Oc1ccc([N+](=O)[O-])cc1O2. The number of anilines is 1. The van der Waals surface area contributed by atoms with Gasteiger partial charge in [-0.2, -0.15) is 0 Å². The maximum atomic E-state index is 12.0. The molecule has 0 atom stereocenters. The highest BCUT2D eigenvalue weighted by Gasteiger charge is 2.22. The Hall–Kier alpha value is -3.17. The topological polar surface area (TPSA) is 120 Å². The molecule has 2 aromatic rings. The van der Waals surface area contributed by atoms with Gasteiger partial charge >= 0.3 is 0 Å². The predicted octanol–water partition coefficient (Wildman–Crippen LogP) is 4.59. The molecule has 0 aliphatic carbocycles. The van der Waals surface area contributed by atoms with Crippen molar-refractivity contribution in [3.8, 4) is 23.0 Å². The summed E-state index contributed by atoms with van der Waals surface area (Å²) < 4.78 is 16.4. The summed E-state index contributed by atoms with van der Waals surface area (Å²) in [5.74, 6) is -0.229. The van der Waals surface area contributed by atoms with Crippen LogP contribution in [-0.2, 0) is 9.53 Å². The number of amides is 1. The van der Waals surface area contributed by atoms with E-state index in [0.717, 1.165) is 0 Å². The summed E-state index contributed by atoms with van der Waals surface area (Å²) in [4.78, 5) is 22.3. The van der Waals surface area contributed by atoms with E-state index in [9.17, 15) is 20.0 Å². The van der Waals surface area contributed by atoms with Gasteiger partial charge in [-0.3, -0.25) is 14.9 Å². The summed E-state index contributed by atoms with van der Waals surface area (Å²) in [7, 11) is 0. The van der Waals surface area contributed by atoms with Gasteiger partial charge in [0.25, 0.3) is 5.69 Å². The highest BCUT2D eigenvalue weighted by molar-refractivity contribution is 5.91. The van der Waals surface area contributed by atoms with Crippen LogP contribution in [0.2, 0.25) is 0 Å². The number of aliphatic hydroxyl groups is 1. The molecule has 0 saturated heterocycles. The second kappa shape index (κ2) is 9.35. The molecule has 0 spiro atoms.